The summed E-state index contributed by atoms with van der Waals surface area (Å²) in [6.45, 7) is 3.85. The summed E-state index contributed by atoms with van der Waals surface area (Å²) in [5, 5.41) is 12.1. The third kappa shape index (κ3) is 2.09. The summed E-state index contributed by atoms with van der Waals surface area (Å²) >= 11 is 0. The molecule has 80 valence electrons. The zero-order chi connectivity index (χ0) is 11.1. The van der Waals surface area contributed by atoms with Crippen LogP contribution in [0.2, 0.25) is 0 Å². The van der Waals surface area contributed by atoms with E-state index in [0.717, 1.165) is 18.7 Å². The minimum atomic E-state index is -0.927. The summed E-state index contributed by atoms with van der Waals surface area (Å²) in [7, 11) is 0. The molecule has 4 nitrogen and oxygen atoms in total. The van der Waals surface area contributed by atoms with Crippen LogP contribution in [0.1, 0.15) is 35.8 Å². The lowest BCUT2D eigenvalue weighted by Crippen LogP contribution is -2.17. The highest BCUT2D eigenvalue weighted by Gasteiger charge is 2.37. The molecule has 0 aliphatic heterocycles. The van der Waals surface area contributed by atoms with Crippen LogP contribution in [0.15, 0.2) is 12.1 Å². The zero-order valence-corrected chi connectivity index (χ0v) is 8.87. The molecular weight excluding hydrogens is 192 g/mol. The first kappa shape index (κ1) is 9.96. The van der Waals surface area contributed by atoms with E-state index < -0.39 is 5.97 Å². The fourth-order valence-electron chi connectivity index (χ4n) is 1.48. The molecule has 1 aromatic rings. The third-order valence-electron chi connectivity index (χ3n) is 2.75. The largest absolute Gasteiger partial charge is 0.478 e. The van der Waals surface area contributed by atoms with E-state index in [2.05, 4.69) is 17.2 Å². The van der Waals surface area contributed by atoms with Gasteiger partial charge in [0.15, 0.2) is 0 Å². The number of carbonyl (C=O) groups is 1. The summed E-state index contributed by atoms with van der Waals surface area (Å²) in [6.07, 6.45) is 2.29. The molecule has 0 spiro atoms. The molecule has 4 heteroatoms. The monoisotopic (exact) mass is 206 g/mol. The van der Waals surface area contributed by atoms with Crippen molar-refractivity contribution in [1.29, 1.82) is 0 Å². The number of carboxylic acids is 1. The Balaban J connectivity index is 2.21. The average molecular weight is 206 g/mol. The Morgan fingerprint density at radius 1 is 1.53 bits per heavy atom. The SMILES string of the molecule is Cc1nc(NC2(C)CC2)ccc1C(=O)O. The van der Waals surface area contributed by atoms with Gasteiger partial charge in [0.05, 0.1) is 11.3 Å². The van der Waals surface area contributed by atoms with Crippen molar-refractivity contribution in [1.82, 2.24) is 4.98 Å². The van der Waals surface area contributed by atoms with E-state index in [-0.39, 0.29) is 11.1 Å². The number of anilines is 1. The Hall–Kier alpha value is -1.58. The van der Waals surface area contributed by atoms with Crippen LogP contribution in [0.4, 0.5) is 5.82 Å². The highest BCUT2D eigenvalue weighted by Crippen LogP contribution is 2.37. The van der Waals surface area contributed by atoms with Crippen LogP contribution in [0.3, 0.4) is 0 Å². The van der Waals surface area contributed by atoms with Crippen molar-refractivity contribution < 1.29 is 9.90 Å². The highest BCUT2D eigenvalue weighted by molar-refractivity contribution is 5.89. The minimum Gasteiger partial charge on any atom is -0.478 e. The molecular formula is C11H14N2O2. The van der Waals surface area contributed by atoms with E-state index >= 15 is 0 Å². The Kier molecular flexibility index (Phi) is 2.14. The van der Waals surface area contributed by atoms with Gasteiger partial charge in [-0.25, -0.2) is 9.78 Å². The summed E-state index contributed by atoms with van der Waals surface area (Å²) in [5.74, 6) is -0.165. The molecule has 0 unspecified atom stereocenters. The van der Waals surface area contributed by atoms with Crippen molar-refractivity contribution in [3.63, 3.8) is 0 Å². The van der Waals surface area contributed by atoms with E-state index in [4.69, 9.17) is 5.11 Å². The first-order valence-electron chi connectivity index (χ1n) is 4.99. The lowest BCUT2D eigenvalue weighted by molar-refractivity contribution is 0.0695. The van der Waals surface area contributed by atoms with Gasteiger partial charge >= 0.3 is 5.97 Å². The lowest BCUT2D eigenvalue weighted by atomic mass is 10.2. The van der Waals surface area contributed by atoms with Gasteiger partial charge < -0.3 is 10.4 Å². The maximum absolute atomic E-state index is 10.8. The van der Waals surface area contributed by atoms with Crippen LogP contribution < -0.4 is 5.32 Å². The predicted octanol–water partition coefficient (Wildman–Crippen LogP) is 2.05. The van der Waals surface area contributed by atoms with Crippen molar-refractivity contribution in [3.8, 4) is 0 Å². The number of carboxylic acid groups (broad SMARTS) is 1. The smallest absolute Gasteiger partial charge is 0.337 e. The van der Waals surface area contributed by atoms with Crippen molar-refractivity contribution in [2.75, 3.05) is 5.32 Å². The molecule has 1 aromatic heterocycles. The maximum atomic E-state index is 10.8. The summed E-state index contributed by atoms with van der Waals surface area (Å²) in [6, 6.07) is 3.32. The van der Waals surface area contributed by atoms with Gasteiger partial charge in [-0.15, -0.1) is 0 Å². The van der Waals surface area contributed by atoms with Crippen LogP contribution in [0.5, 0.6) is 0 Å². The third-order valence-corrected chi connectivity index (χ3v) is 2.75. The number of nitrogens with zero attached hydrogens (tertiary/aromatic N) is 1. The normalized spacial score (nSPS) is 17.2. The van der Waals surface area contributed by atoms with Gasteiger partial charge in [-0.3, -0.25) is 0 Å². The molecule has 1 aliphatic carbocycles. The van der Waals surface area contributed by atoms with Gasteiger partial charge in [0.2, 0.25) is 0 Å². The Labute approximate surface area is 88.3 Å². The second-order valence-corrected chi connectivity index (χ2v) is 4.32. The molecule has 1 fully saturated rings. The number of pyridine rings is 1. The van der Waals surface area contributed by atoms with E-state index in [0.29, 0.717) is 5.69 Å². The number of aryl methyl sites for hydroxylation is 1. The van der Waals surface area contributed by atoms with Crippen LogP contribution >= 0.6 is 0 Å². The number of hydrogen-bond donors (Lipinski definition) is 2. The van der Waals surface area contributed by atoms with Crippen LogP contribution in [-0.2, 0) is 0 Å². The lowest BCUT2D eigenvalue weighted by Gasteiger charge is -2.12. The maximum Gasteiger partial charge on any atom is 0.337 e. The summed E-state index contributed by atoms with van der Waals surface area (Å²) in [5.41, 5.74) is 0.989. The van der Waals surface area contributed by atoms with Gasteiger partial charge in [0, 0.05) is 5.54 Å². The molecule has 0 saturated heterocycles. The van der Waals surface area contributed by atoms with Gasteiger partial charge in [-0.2, -0.15) is 0 Å². The number of rotatable bonds is 3. The average Bonchev–Trinajstić information content (AvgIpc) is 2.82. The molecule has 1 heterocycles. The van der Waals surface area contributed by atoms with E-state index in [1.165, 1.54) is 0 Å². The molecule has 2 N–H and O–H groups in total. The number of aromatic carboxylic acids is 1. The second-order valence-electron chi connectivity index (χ2n) is 4.32. The fourth-order valence-corrected chi connectivity index (χ4v) is 1.48. The van der Waals surface area contributed by atoms with E-state index in [1.54, 1.807) is 19.1 Å². The minimum absolute atomic E-state index is 0.171. The van der Waals surface area contributed by atoms with Gasteiger partial charge in [0.25, 0.3) is 0 Å². The summed E-state index contributed by atoms with van der Waals surface area (Å²) in [4.78, 5) is 15.0. The number of hydrogen-bond acceptors (Lipinski definition) is 3. The van der Waals surface area contributed by atoms with Crippen LogP contribution in [0.25, 0.3) is 0 Å². The molecule has 0 atom stereocenters. The first-order chi connectivity index (χ1) is 7.00. The Morgan fingerprint density at radius 3 is 2.67 bits per heavy atom. The molecule has 0 amide bonds. The number of nitrogens with one attached hydrogen (secondary N) is 1. The van der Waals surface area contributed by atoms with E-state index in [1.807, 2.05) is 0 Å². The second kappa shape index (κ2) is 3.22. The molecule has 0 bridgehead atoms. The molecule has 0 aromatic carbocycles. The van der Waals surface area contributed by atoms with Gasteiger partial charge in [-0.1, -0.05) is 0 Å². The van der Waals surface area contributed by atoms with Gasteiger partial charge in [0.1, 0.15) is 5.82 Å². The van der Waals surface area contributed by atoms with Crippen molar-refractivity contribution in [2.24, 2.45) is 0 Å². The molecule has 2 rings (SSSR count). The Bertz CT molecular complexity index is 411. The zero-order valence-electron chi connectivity index (χ0n) is 8.87. The first-order valence-corrected chi connectivity index (χ1v) is 4.99. The van der Waals surface area contributed by atoms with Crippen molar-refractivity contribution in [3.05, 3.63) is 23.4 Å². The molecule has 1 aliphatic rings. The topological polar surface area (TPSA) is 62.2 Å². The van der Waals surface area contributed by atoms with Crippen molar-refractivity contribution >= 4 is 11.8 Å². The molecule has 0 radical (unpaired) electrons. The predicted molar refractivity (Wildman–Crippen MR) is 57.2 cm³/mol. The quantitative estimate of drug-likeness (QED) is 0.794. The standard InChI is InChI=1S/C11H14N2O2/c1-7-8(10(14)15)3-4-9(12-7)13-11(2)5-6-11/h3-4H,5-6H2,1-2H3,(H,12,13)(H,14,15). The van der Waals surface area contributed by atoms with Crippen molar-refractivity contribution in [2.45, 2.75) is 32.2 Å². The van der Waals surface area contributed by atoms with E-state index in [9.17, 15) is 4.79 Å². The number of aromatic nitrogens is 1. The summed E-state index contributed by atoms with van der Waals surface area (Å²) < 4.78 is 0. The molecule has 1 saturated carbocycles. The van der Waals surface area contributed by atoms with Gasteiger partial charge in [-0.05, 0) is 38.8 Å². The Morgan fingerprint density at radius 2 is 2.20 bits per heavy atom. The fraction of sp³-hybridized carbons (Fsp3) is 0.455. The van der Waals surface area contributed by atoms with Crippen LogP contribution in [0, 0.1) is 6.92 Å². The van der Waals surface area contributed by atoms with Crippen LogP contribution in [-0.4, -0.2) is 21.6 Å². The molecule has 15 heavy (non-hydrogen) atoms. The highest BCUT2D eigenvalue weighted by atomic mass is 16.4.